The highest BCUT2D eigenvalue weighted by atomic mass is 35.5. The zero-order valence-electron chi connectivity index (χ0n) is 8.14. The van der Waals surface area contributed by atoms with Crippen LogP contribution in [0.2, 0.25) is 0 Å². The predicted molar refractivity (Wildman–Crippen MR) is 59.4 cm³/mol. The lowest BCUT2D eigenvalue weighted by molar-refractivity contribution is 0.140. The predicted octanol–water partition coefficient (Wildman–Crippen LogP) is 1.32. The van der Waals surface area contributed by atoms with E-state index in [1.807, 2.05) is 18.2 Å². The third kappa shape index (κ3) is 2.84. The molecule has 5 heteroatoms. The van der Waals surface area contributed by atoms with Crippen LogP contribution in [-0.4, -0.2) is 28.1 Å². The van der Waals surface area contributed by atoms with Crippen molar-refractivity contribution in [2.24, 2.45) is 0 Å². The van der Waals surface area contributed by atoms with Crippen molar-refractivity contribution < 1.29 is 15.4 Å². The minimum atomic E-state index is -0.825. The fourth-order valence-corrected chi connectivity index (χ4v) is 1.66. The Bertz CT molecular complexity index is 343. The summed E-state index contributed by atoms with van der Waals surface area (Å²) in [6.45, 7) is 1.15. The number of nitrogens with zero attached hydrogens (tertiary/aromatic N) is 1. The Hall–Kier alpha value is -1.26. The first-order valence-electron chi connectivity index (χ1n) is 4.32. The minimum Gasteiger partial charge on any atom is -0.465 e. The van der Waals surface area contributed by atoms with E-state index >= 15 is 0 Å². The second-order valence-corrected chi connectivity index (χ2v) is 3.22. The molecule has 1 aromatic rings. The summed E-state index contributed by atoms with van der Waals surface area (Å²) < 4.78 is 0. The summed E-state index contributed by atoms with van der Waals surface area (Å²) in [6.07, 6.45) is 0.0113. The number of carboxylic acid groups (broad SMARTS) is 1. The van der Waals surface area contributed by atoms with Gasteiger partial charge in [0.1, 0.15) is 0 Å². The van der Waals surface area contributed by atoms with Gasteiger partial charge in [-0.1, -0.05) is 24.3 Å². The highest BCUT2D eigenvalue weighted by Gasteiger charge is 2.18. The van der Waals surface area contributed by atoms with Gasteiger partial charge in [0.2, 0.25) is 0 Å². The molecule has 0 radical (unpaired) electrons. The first kappa shape index (κ1) is 13.7. The summed E-state index contributed by atoms with van der Waals surface area (Å²) in [7, 11) is 0. The third-order valence-corrected chi connectivity index (χ3v) is 2.40. The van der Waals surface area contributed by atoms with Crippen LogP contribution < -0.4 is 0 Å². The molecule has 0 saturated heterocycles. The highest BCUT2D eigenvalue weighted by molar-refractivity contribution is 5.85. The number of rotatable bonds is 0. The fraction of sp³-hybridized carbons (Fsp3) is 0.300. The normalized spacial score (nSPS) is 13.2. The lowest BCUT2D eigenvalue weighted by atomic mass is 10.0. The third-order valence-electron chi connectivity index (χ3n) is 2.40. The van der Waals surface area contributed by atoms with Gasteiger partial charge in [-0.3, -0.25) is 0 Å². The van der Waals surface area contributed by atoms with E-state index in [1.54, 1.807) is 0 Å². The van der Waals surface area contributed by atoms with Crippen LogP contribution in [0.5, 0.6) is 0 Å². The number of amides is 1. The van der Waals surface area contributed by atoms with Crippen LogP contribution in [0.4, 0.5) is 4.79 Å². The molecule has 0 saturated carbocycles. The second kappa shape index (κ2) is 5.58. The molecule has 0 unspecified atom stereocenters. The van der Waals surface area contributed by atoms with Crippen LogP contribution in [0.1, 0.15) is 11.1 Å². The van der Waals surface area contributed by atoms with E-state index in [0.29, 0.717) is 13.1 Å². The Kier molecular flexibility index (Phi) is 5.11. The van der Waals surface area contributed by atoms with Crippen LogP contribution in [0, 0.1) is 0 Å². The van der Waals surface area contributed by atoms with Gasteiger partial charge in [0.25, 0.3) is 0 Å². The second-order valence-electron chi connectivity index (χ2n) is 3.22. The van der Waals surface area contributed by atoms with Crippen LogP contribution in [-0.2, 0) is 13.0 Å². The Morgan fingerprint density at radius 3 is 2.47 bits per heavy atom. The molecule has 0 bridgehead atoms. The number of hydrogen-bond donors (Lipinski definition) is 1. The van der Waals surface area contributed by atoms with Crippen molar-refractivity contribution in [2.45, 2.75) is 13.0 Å². The molecule has 1 aromatic carbocycles. The van der Waals surface area contributed by atoms with Gasteiger partial charge in [0.15, 0.2) is 0 Å². The van der Waals surface area contributed by atoms with E-state index in [9.17, 15) is 4.79 Å². The molecule has 1 heterocycles. The van der Waals surface area contributed by atoms with Gasteiger partial charge in [0.05, 0.1) is 0 Å². The largest absolute Gasteiger partial charge is 0.465 e. The maximum atomic E-state index is 10.7. The van der Waals surface area contributed by atoms with Gasteiger partial charge in [0, 0.05) is 13.1 Å². The summed E-state index contributed by atoms with van der Waals surface area (Å²) in [5, 5.41) is 8.79. The molecule has 0 aliphatic carbocycles. The lowest BCUT2D eigenvalue weighted by Gasteiger charge is -2.26. The van der Waals surface area contributed by atoms with Gasteiger partial charge >= 0.3 is 6.09 Å². The molecular weight excluding hydrogens is 218 g/mol. The Labute approximate surface area is 94.2 Å². The number of fused-ring (bicyclic) bond motifs is 1. The van der Waals surface area contributed by atoms with Gasteiger partial charge in [-0.15, -0.1) is 12.4 Å². The molecule has 84 valence electrons. The Morgan fingerprint density at radius 2 is 1.87 bits per heavy atom. The summed E-state index contributed by atoms with van der Waals surface area (Å²) in [4.78, 5) is 12.1. The first-order chi connectivity index (χ1) is 6.27. The van der Waals surface area contributed by atoms with E-state index in [-0.39, 0.29) is 17.9 Å². The molecular formula is C10H14ClNO3. The highest BCUT2D eigenvalue weighted by Crippen LogP contribution is 2.17. The van der Waals surface area contributed by atoms with Crippen molar-refractivity contribution in [1.29, 1.82) is 0 Å². The van der Waals surface area contributed by atoms with E-state index in [2.05, 4.69) is 6.07 Å². The zero-order valence-corrected chi connectivity index (χ0v) is 8.96. The van der Waals surface area contributed by atoms with E-state index < -0.39 is 6.09 Å². The molecule has 1 aliphatic rings. The topological polar surface area (TPSA) is 72.0 Å². The SMILES string of the molecule is Cl.O.O=C(O)N1CCc2ccccc2C1. The monoisotopic (exact) mass is 231 g/mol. The minimum absolute atomic E-state index is 0. The fourth-order valence-electron chi connectivity index (χ4n) is 1.66. The number of carbonyl (C=O) groups is 1. The summed E-state index contributed by atoms with van der Waals surface area (Å²) in [6, 6.07) is 8.00. The van der Waals surface area contributed by atoms with E-state index in [4.69, 9.17) is 5.11 Å². The van der Waals surface area contributed by atoms with Crippen LogP contribution in [0.15, 0.2) is 24.3 Å². The standard InChI is InChI=1S/C10H11NO2.ClH.H2O/c12-10(13)11-6-5-8-3-1-2-4-9(8)7-11;;/h1-4H,5-7H2,(H,12,13);1H;1H2. The number of benzene rings is 1. The number of halogens is 1. The molecule has 0 fully saturated rings. The molecule has 0 atom stereocenters. The number of hydrogen-bond acceptors (Lipinski definition) is 1. The van der Waals surface area contributed by atoms with Gasteiger partial charge in [-0.2, -0.15) is 0 Å². The van der Waals surface area contributed by atoms with Gasteiger partial charge in [-0.05, 0) is 17.5 Å². The molecule has 15 heavy (non-hydrogen) atoms. The average Bonchev–Trinajstić information content (AvgIpc) is 2.17. The van der Waals surface area contributed by atoms with Crippen molar-refractivity contribution in [3.63, 3.8) is 0 Å². The van der Waals surface area contributed by atoms with E-state index in [1.165, 1.54) is 10.5 Å². The molecule has 0 aromatic heterocycles. The molecule has 0 spiro atoms. The summed E-state index contributed by atoms with van der Waals surface area (Å²) in [5.41, 5.74) is 2.41. The maximum Gasteiger partial charge on any atom is 0.407 e. The molecule has 2 rings (SSSR count). The lowest BCUT2D eigenvalue weighted by Crippen LogP contribution is -2.34. The first-order valence-corrected chi connectivity index (χ1v) is 4.32. The Balaban J connectivity index is 0.000000980. The zero-order chi connectivity index (χ0) is 9.26. The van der Waals surface area contributed by atoms with Crippen LogP contribution in [0.25, 0.3) is 0 Å². The van der Waals surface area contributed by atoms with Gasteiger partial charge < -0.3 is 15.5 Å². The van der Waals surface area contributed by atoms with Crippen LogP contribution >= 0.6 is 12.4 Å². The quantitative estimate of drug-likeness (QED) is 0.732. The molecule has 3 N–H and O–H groups in total. The molecule has 1 aliphatic heterocycles. The van der Waals surface area contributed by atoms with Crippen molar-refractivity contribution >= 4 is 18.5 Å². The van der Waals surface area contributed by atoms with Crippen molar-refractivity contribution in [3.8, 4) is 0 Å². The van der Waals surface area contributed by atoms with Gasteiger partial charge in [-0.25, -0.2) is 4.79 Å². The van der Waals surface area contributed by atoms with Crippen LogP contribution in [0.3, 0.4) is 0 Å². The average molecular weight is 232 g/mol. The van der Waals surface area contributed by atoms with Crippen molar-refractivity contribution in [2.75, 3.05) is 6.54 Å². The van der Waals surface area contributed by atoms with Crippen molar-refractivity contribution in [1.82, 2.24) is 4.90 Å². The summed E-state index contributed by atoms with van der Waals surface area (Å²) >= 11 is 0. The summed E-state index contributed by atoms with van der Waals surface area (Å²) in [5.74, 6) is 0. The maximum absolute atomic E-state index is 10.7. The Morgan fingerprint density at radius 1 is 1.27 bits per heavy atom. The van der Waals surface area contributed by atoms with Crippen molar-refractivity contribution in [3.05, 3.63) is 35.4 Å². The molecule has 1 amide bonds. The molecule has 4 nitrogen and oxygen atoms in total. The smallest absolute Gasteiger partial charge is 0.407 e. The van der Waals surface area contributed by atoms with E-state index in [0.717, 1.165) is 12.0 Å².